The van der Waals surface area contributed by atoms with E-state index in [9.17, 15) is 9.90 Å². The molecule has 168 valence electrons. The fraction of sp³-hybridized carbons (Fsp3) is 0.640. The minimum atomic E-state index is -0.643. The van der Waals surface area contributed by atoms with Crippen LogP contribution in [0.5, 0.6) is 0 Å². The summed E-state index contributed by atoms with van der Waals surface area (Å²) in [5, 5.41) is 9.79. The lowest BCUT2D eigenvalue weighted by Crippen LogP contribution is -2.21. The van der Waals surface area contributed by atoms with E-state index in [-0.39, 0.29) is 18.2 Å². The Balaban J connectivity index is 2.42. The van der Waals surface area contributed by atoms with E-state index in [1.54, 1.807) is 25.2 Å². The molecule has 30 heavy (non-hydrogen) atoms. The largest absolute Gasteiger partial charge is 0.466 e. The average molecular weight is 419 g/mol. The molecule has 0 aliphatic carbocycles. The highest BCUT2D eigenvalue weighted by molar-refractivity contribution is 5.69. The topological polar surface area (TPSA) is 65.0 Å². The number of unbranched alkanes of at least 4 members (excludes halogenated alkanes) is 2. The van der Waals surface area contributed by atoms with Gasteiger partial charge in [0, 0.05) is 6.42 Å². The lowest BCUT2D eigenvalue weighted by atomic mass is 10.1. The zero-order valence-corrected chi connectivity index (χ0v) is 18.9. The first-order valence-corrected chi connectivity index (χ1v) is 11.1. The number of hydrogen-bond donors (Lipinski definition) is 1. The van der Waals surface area contributed by atoms with Crippen molar-refractivity contribution in [2.24, 2.45) is 0 Å². The maximum atomic E-state index is 11.5. The van der Waals surface area contributed by atoms with Crippen LogP contribution in [0, 0.1) is 11.8 Å². The normalized spacial score (nSPS) is 21.9. The summed E-state index contributed by atoms with van der Waals surface area (Å²) < 4.78 is 16.9. The van der Waals surface area contributed by atoms with Crippen LogP contribution in [-0.4, -0.2) is 41.8 Å². The number of hydrogen-bond acceptors (Lipinski definition) is 5. The van der Waals surface area contributed by atoms with Crippen molar-refractivity contribution in [1.82, 2.24) is 0 Å². The molecule has 0 spiro atoms. The molecule has 5 nitrogen and oxygen atoms in total. The first-order valence-electron chi connectivity index (χ1n) is 11.1. The summed E-state index contributed by atoms with van der Waals surface area (Å²) in [6.07, 6.45) is 16.1. The lowest BCUT2D eigenvalue weighted by molar-refractivity contribution is -0.145. The molecule has 3 atom stereocenters. The quantitative estimate of drug-likeness (QED) is 0.212. The van der Waals surface area contributed by atoms with Gasteiger partial charge in [-0.2, -0.15) is 0 Å². The molecule has 0 radical (unpaired) electrons. The molecule has 0 aromatic rings. The average Bonchev–Trinajstić information content (AvgIpc) is 2.98. The monoisotopic (exact) mass is 418 g/mol. The van der Waals surface area contributed by atoms with E-state index in [1.165, 1.54) is 0 Å². The second kappa shape index (κ2) is 15.0. The van der Waals surface area contributed by atoms with E-state index in [1.807, 2.05) is 32.1 Å². The number of carbonyl (C=O) groups excluding carboxylic acids is 1. The Labute approximate surface area is 182 Å². The van der Waals surface area contributed by atoms with E-state index >= 15 is 0 Å². The van der Waals surface area contributed by atoms with E-state index in [0.29, 0.717) is 19.4 Å². The number of rotatable bonds is 12. The molecule has 0 bridgehead atoms. The Morgan fingerprint density at radius 3 is 2.63 bits per heavy atom. The van der Waals surface area contributed by atoms with Gasteiger partial charge < -0.3 is 19.3 Å². The molecule has 1 heterocycles. The second-order valence-electron chi connectivity index (χ2n) is 7.79. The van der Waals surface area contributed by atoms with Crippen LogP contribution in [0.1, 0.15) is 72.6 Å². The van der Waals surface area contributed by atoms with E-state index < -0.39 is 11.9 Å². The van der Waals surface area contributed by atoms with Crippen molar-refractivity contribution in [2.45, 2.75) is 96.7 Å². The van der Waals surface area contributed by atoms with Crippen molar-refractivity contribution in [1.29, 1.82) is 0 Å². The Morgan fingerprint density at radius 2 is 1.90 bits per heavy atom. The molecule has 0 aromatic carbocycles. The molecule has 1 aliphatic rings. The van der Waals surface area contributed by atoms with Crippen LogP contribution in [0.4, 0.5) is 0 Å². The Hall–Kier alpha value is -1.87. The Bertz CT molecular complexity index is 636. The van der Waals surface area contributed by atoms with Gasteiger partial charge >= 0.3 is 5.97 Å². The summed E-state index contributed by atoms with van der Waals surface area (Å²) in [5.74, 6) is 4.99. The third-order valence-electron chi connectivity index (χ3n) is 4.58. The molecule has 0 unspecified atom stereocenters. The zero-order chi connectivity index (χ0) is 22.2. The molecule has 1 rings (SSSR count). The second-order valence-corrected chi connectivity index (χ2v) is 7.79. The van der Waals surface area contributed by atoms with Gasteiger partial charge in [-0.1, -0.05) is 56.3 Å². The zero-order valence-electron chi connectivity index (χ0n) is 18.9. The van der Waals surface area contributed by atoms with Crippen LogP contribution in [0.3, 0.4) is 0 Å². The van der Waals surface area contributed by atoms with Crippen LogP contribution in [0.15, 0.2) is 36.5 Å². The minimum Gasteiger partial charge on any atom is -0.466 e. The van der Waals surface area contributed by atoms with Gasteiger partial charge in [0.2, 0.25) is 0 Å². The third-order valence-corrected chi connectivity index (χ3v) is 4.58. The molecule has 1 N–H and O–H groups in total. The fourth-order valence-electron chi connectivity index (χ4n) is 3.16. The molecular weight excluding hydrogens is 380 g/mol. The predicted octanol–water partition coefficient (Wildman–Crippen LogP) is 4.85. The van der Waals surface area contributed by atoms with Gasteiger partial charge in [-0.15, -0.1) is 0 Å². The lowest BCUT2D eigenvalue weighted by Gasteiger charge is -2.16. The first-order chi connectivity index (χ1) is 14.4. The molecule has 0 amide bonds. The molecule has 5 heteroatoms. The Kier molecular flexibility index (Phi) is 13.1. The van der Waals surface area contributed by atoms with Crippen molar-refractivity contribution >= 4 is 5.97 Å². The summed E-state index contributed by atoms with van der Waals surface area (Å²) in [4.78, 5) is 11.5. The fourth-order valence-corrected chi connectivity index (χ4v) is 3.16. The van der Waals surface area contributed by atoms with Gasteiger partial charge in [0.1, 0.15) is 6.10 Å². The summed E-state index contributed by atoms with van der Waals surface area (Å²) in [6, 6.07) is 0. The maximum absolute atomic E-state index is 11.5. The highest BCUT2D eigenvalue weighted by Crippen LogP contribution is 2.31. The smallest absolute Gasteiger partial charge is 0.305 e. The van der Waals surface area contributed by atoms with Crippen molar-refractivity contribution in [3.63, 3.8) is 0 Å². The van der Waals surface area contributed by atoms with Crippen molar-refractivity contribution in [3.05, 3.63) is 36.5 Å². The highest BCUT2D eigenvalue weighted by atomic mass is 16.7. The number of aliphatic hydroxyl groups is 1. The van der Waals surface area contributed by atoms with Gasteiger partial charge in [0.15, 0.2) is 5.79 Å². The van der Waals surface area contributed by atoms with Gasteiger partial charge in [-0.3, -0.25) is 4.79 Å². The highest BCUT2D eigenvalue weighted by Gasteiger charge is 2.39. The van der Waals surface area contributed by atoms with E-state index in [4.69, 9.17) is 14.2 Å². The number of carbonyl (C=O) groups is 1. The van der Waals surface area contributed by atoms with E-state index in [0.717, 1.165) is 32.1 Å². The number of esters is 1. The molecule has 1 aliphatic heterocycles. The summed E-state index contributed by atoms with van der Waals surface area (Å²) in [5.41, 5.74) is 0. The SMILES string of the molecule is CCCCC[C@H](O)/C=C/C#C/C=C/C=C/[C@H]1OC(C)(C)O[C@H]1CCCC(=O)OCC. The van der Waals surface area contributed by atoms with Crippen LogP contribution >= 0.6 is 0 Å². The number of aliphatic hydroxyl groups excluding tert-OH is 1. The first kappa shape index (κ1) is 26.2. The maximum Gasteiger partial charge on any atom is 0.305 e. The van der Waals surface area contributed by atoms with Crippen LogP contribution in [-0.2, 0) is 19.0 Å². The minimum absolute atomic E-state index is 0.0951. The summed E-state index contributed by atoms with van der Waals surface area (Å²) >= 11 is 0. The van der Waals surface area contributed by atoms with Gasteiger partial charge in [-0.05, 0) is 58.3 Å². The van der Waals surface area contributed by atoms with E-state index in [2.05, 4.69) is 18.8 Å². The van der Waals surface area contributed by atoms with Gasteiger partial charge in [0.25, 0.3) is 0 Å². The number of allylic oxidation sites excluding steroid dienone is 4. The standard InChI is InChI=1S/C25H38O5/c1-5-7-12-16-21(26)17-13-10-8-9-11-14-18-22-23(30-25(3,4)29-22)19-15-20-24(27)28-6-2/h9,11,13-14,17-18,21-23,26H,5-7,12,15-16,19-20H2,1-4H3/b11-9+,17-13+,18-14+/t21-,22+,23-/m0/s1. The molecule has 0 saturated carbocycles. The number of ether oxygens (including phenoxy) is 3. The van der Waals surface area contributed by atoms with Gasteiger partial charge in [0.05, 0.1) is 18.8 Å². The molecule has 1 fully saturated rings. The molecular formula is C25H38O5. The molecule has 1 saturated heterocycles. The van der Waals surface area contributed by atoms with Crippen molar-refractivity contribution < 1.29 is 24.1 Å². The summed E-state index contributed by atoms with van der Waals surface area (Å²) in [6.45, 7) is 8.15. The van der Waals surface area contributed by atoms with Crippen molar-refractivity contribution in [2.75, 3.05) is 6.61 Å². The Morgan fingerprint density at radius 1 is 1.13 bits per heavy atom. The van der Waals surface area contributed by atoms with Crippen LogP contribution in [0.25, 0.3) is 0 Å². The van der Waals surface area contributed by atoms with Gasteiger partial charge in [-0.25, -0.2) is 0 Å². The molecule has 0 aromatic heterocycles. The van der Waals surface area contributed by atoms with Crippen molar-refractivity contribution in [3.8, 4) is 11.8 Å². The third kappa shape index (κ3) is 12.0. The van der Waals surface area contributed by atoms with Crippen LogP contribution < -0.4 is 0 Å². The van der Waals surface area contributed by atoms with Crippen LogP contribution in [0.2, 0.25) is 0 Å². The summed E-state index contributed by atoms with van der Waals surface area (Å²) in [7, 11) is 0. The predicted molar refractivity (Wildman–Crippen MR) is 120 cm³/mol.